The number of rotatable bonds is 7. The third kappa shape index (κ3) is 5.77. The van der Waals surface area contributed by atoms with Crippen LogP contribution in [0.2, 0.25) is 0 Å². The van der Waals surface area contributed by atoms with Crippen LogP contribution in [0.4, 0.5) is 0 Å². The van der Waals surface area contributed by atoms with Crippen LogP contribution in [0.1, 0.15) is 67.7 Å². The van der Waals surface area contributed by atoms with Crippen LogP contribution in [-0.2, 0) is 0 Å². The predicted octanol–water partition coefficient (Wildman–Crippen LogP) is 7.77. The van der Waals surface area contributed by atoms with E-state index >= 15 is 0 Å². The zero-order valence-corrected chi connectivity index (χ0v) is 24.0. The summed E-state index contributed by atoms with van der Waals surface area (Å²) in [6.07, 6.45) is 3.94. The summed E-state index contributed by atoms with van der Waals surface area (Å²) in [6, 6.07) is 17.4. The molecule has 0 bridgehead atoms. The molecule has 1 aliphatic carbocycles. The van der Waals surface area contributed by atoms with Crippen LogP contribution in [0, 0.1) is 5.92 Å². The van der Waals surface area contributed by atoms with Gasteiger partial charge in [0.15, 0.2) is 0 Å². The molecule has 0 spiro atoms. The molecule has 1 unspecified atom stereocenters. The SMILES string of the molecule is COc1ccccc1P(c1ccccc1OC)[C@H]1CCCC1[C@@H](C)P(C(C)(C)C)C(C)(C)C. The summed E-state index contributed by atoms with van der Waals surface area (Å²) < 4.78 is 11.8. The van der Waals surface area contributed by atoms with Crippen molar-refractivity contribution in [1.82, 2.24) is 0 Å². The molecule has 1 fully saturated rings. The molecular formula is C29H44O2P2. The number of hydrogen-bond donors (Lipinski definition) is 0. The van der Waals surface area contributed by atoms with Crippen LogP contribution in [0.25, 0.3) is 0 Å². The molecule has 4 heteroatoms. The van der Waals surface area contributed by atoms with Crippen molar-refractivity contribution in [2.45, 2.75) is 89.4 Å². The van der Waals surface area contributed by atoms with Crippen molar-refractivity contribution in [3.63, 3.8) is 0 Å². The van der Waals surface area contributed by atoms with E-state index in [-0.39, 0.29) is 7.92 Å². The third-order valence-corrected chi connectivity index (χ3v) is 14.2. The minimum absolute atomic E-state index is 0.179. The molecular weight excluding hydrogens is 442 g/mol. The molecule has 0 N–H and O–H groups in total. The van der Waals surface area contributed by atoms with Crippen molar-refractivity contribution in [1.29, 1.82) is 0 Å². The van der Waals surface area contributed by atoms with E-state index in [2.05, 4.69) is 97.0 Å². The second-order valence-corrected chi connectivity index (χ2v) is 17.9. The van der Waals surface area contributed by atoms with Gasteiger partial charge in [-0.2, -0.15) is 0 Å². The van der Waals surface area contributed by atoms with Gasteiger partial charge in [-0.25, -0.2) is 0 Å². The molecule has 0 saturated heterocycles. The maximum atomic E-state index is 5.91. The van der Waals surface area contributed by atoms with E-state index in [4.69, 9.17) is 9.47 Å². The first-order valence-corrected chi connectivity index (χ1v) is 15.2. The summed E-state index contributed by atoms with van der Waals surface area (Å²) >= 11 is 0. The van der Waals surface area contributed by atoms with Gasteiger partial charge in [0.1, 0.15) is 11.5 Å². The fourth-order valence-corrected chi connectivity index (χ4v) is 15.3. The summed E-state index contributed by atoms with van der Waals surface area (Å²) in [7, 11) is 2.82. The molecule has 3 atom stereocenters. The summed E-state index contributed by atoms with van der Waals surface area (Å²) in [4.78, 5) is 0. The lowest BCUT2D eigenvalue weighted by Crippen LogP contribution is -2.37. The van der Waals surface area contributed by atoms with Gasteiger partial charge in [0.2, 0.25) is 0 Å². The Labute approximate surface area is 205 Å². The van der Waals surface area contributed by atoms with E-state index in [1.807, 2.05) is 14.2 Å². The highest BCUT2D eigenvalue weighted by atomic mass is 31.1. The summed E-state index contributed by atoms with van der Waals surface area (Å²) in [5.74, 6) is 2.75. The van der Waals surface area contributed by atoms with Crippen molar-refractivity contribution >= 4 is 26.5 Å². The van der Waals surface area contributed by atoms with Crippen LogP contribution >= 0.6 is 15.8 Å². The van der Waals surface area contributed by atoms with E-state index < -0.39 is 7.92 Å². The van der Waals surface area contributed by atoms with E-state index in [0.29, 0.717) is 21.6 Å². The smallest absolute Gasteiger partial charge is 0.126 e. The minimum Gasteiger partial charge on any atom is -0.496 e. The Morgan fingerprint density at radius 1 is 0.758 bits per heavy atom. The normalized spacial score (nSPS) is 20.3. The molecule has 1 aliphatic rings. The molecule has 2 aromatic rings. The molecule has 2 nitrogen and oxygen atoms in total. The summed E-state index contributed by atoms with van der Waals surface area (Å²) in [5, 5.41) is 3.38. The highest BCUT2D eigenvalue weighted by molar-refractivity contribution is 7.74. The quantitative estimate of drug-likeness (QED) is 0.372. The Hall–Kier alpha value is -1.10. The second-order valence-electron chi connectivity index (χ2n) is 11.3. The fourth-order valence-electron chi connectivity index (χ4n) is 6.42. The summed E-state index contributed by atoms with van der Waals surface area (Å²) in [5.41, 5.74) is 1.35. The number of methoxy groups -OCH3 is 2. The standard InChI is InChI=1S/C29H44O2P2/c1-21(33(28(2,3)4)29(5,6)7)22-15-14-20-25(22)32(26-18-12-10-16-23(26)30-8)27-19-13-11-17-24(27)31-9/h10-13,16-19,21-22,25H,14-15,20H2,1-9H3/t21-,22?,25+/m1/s1. The van der Waals surface area contributed by atoms with Crippen LogP contribution in [0.15, 0.2) is 48.5 Å². The predicted molar refractivity (Wildman–Crippen MR) is 149 cm³/mol. The van der Waals surface area contributed by atoms with Crippen LogP contribution in [0.3, 0.4) is 0 Å². The second kappa shape index (κ2) is 10.7. The monoisotopic (exact) mass is 486 g/mol. The van der Waals surface area contributed by atoms with Gasteiger partial charge in [0, 0.05) is 10.6 Å². The van der Waals surface area contributed by atoms with Crippen molar-refractivity contribution in [2.24, 2.45) is 5.92 Å². The van der Waals surface area contributed by atoms with Crippen LogP contribution < -0.4 is 20.1 Å². The largest absolute Gasteiger partial charge is 0.496 e. The van der Waals surface area contributed by atoms with Gasteiger partial charge in [-0.1, -0.05) is 99.2 Å². The fraction of sp³-hybridized carbons (Fsp3) is 0.586. The Bertz CT molecular complexity index is 851. The molecule has 0 aliphatic heterocycles. The lowest BCUT2D eigenvalue weighted by Gasteiger charge is -2.49. The Morgan fingerprint density at radius 3 is 1.64 bits per heavy atom. The van der Waals surface area contributed by atoms with Crippen LogP contribution in [-0.4, -0.2) is 35.8 Å². The van der Waals surface area contributed by atoms with Gasteiger partial charge in [-0.15, -0.1) is 0 Å². The maximum absolute atomic E-state index is 5.91. The summed E-state index contributed by atoms with van der Waals surface area (Å²) in [6.45, 7) is 17.4. The van der Waals surface area contributed by atoms with Gasteiger partial charge in [0.05, 0.1) is 14.2 Å². The average molecular weight is 487 g/mol. The van der Waals surface area contributed by atoms with E-state index in [0.717, 1.165) is 17.4 Å². The molecule has 2 aromatic carbocycles. The molecule has 0 amide bonds. The van der Waals surface area contributed by atoms with Gasteiger partial charge < -0.3 is 9.47 Å². The van der Waals surface area contributed by atoms with Crippen LogP contribution in [0.5, 0.6) is 11.5 Å². The number of ether oxygens (including phenoxy) is 2. The average Bonchev–Trinajstić information content (AvgIpc) is 3.22. The number of para-hydroxylation sites is 2. The molecule has 0 heterocycles. The van der Waals surface area contributed by atoms with Crippen molar-refractivity contribution in [3.05, 3.63) is 48.5 Å². The molecule has 33 heavy (non-hydrogen) atoms. The third-order valence-electron chi connectivity index (χ3n) is 7.02. The molecule has 0 aromatic heterocycles. The molecule has 3 rings (SSSR count). The first-order chi connectivity index (χ1) is 15.5. The van der Waals surface area contributed by atoms with Gasteiger partial charge in [-0.05, 0) is 60.4 Å². The minimum atomic E-state index is -0.613. The molecule has 1 saturated carbocycles. The first kappa shape index (κ1) is 26.5. The molecule has 182 valence electrons. The van der Waals surface area contributed by atoms with E-state index in [9.17, 15) is 0 Å². The van der Waals surface area contributed by atoms with Crippen molar-refractivity contribution in [3.8, 4) is 11.5 Å². The highest BCUT2D eigenvalue weighted by Gasteiger charge is 2.46. The van der Waals surface area contributed by atoms with E-state index in [1.54, 1.807) is 0 Å². The zero-order valence-electron chi connectivity index (χ0n) is 22.2. The van der Waals surface area contributed by atoms with Crippen molar-refractivity contribution < 1.29 is 9.47 Å². The lowest BCUT2D eigenvalue weighted by molar-refractivity contribution is 0.417. The van der Waals surface area contributed by atoms with E-state index in [1.165, 1.54) is 29.9 Å². The first-order valence-electron chi connectivity index (χ1n) is 12.4. The van der Waals surface area contributed by atoms with Gasteiger partial charge in [-0.3, -0.25) is 0 Å². The topological polar surface area (TPSA) is 18.5 Å². The lowest BCUT2D eigenvalue weighted by atomic mass is 10.0. The number of hydrogen-bond acceptors (Lipinski definition) is 2. The van der Waals surface area contributed by atoms with Gasteiger partial charge >= 0.3 is 0 Å². The number of benzene rings is 2. The maximum Gasteiger partial charge on any atom is 0.126 e. The zero-order chi connectivity index (χ0) is 24.4. The Balaban J connectivity index is 2.14. The van der Waals surface area contributed by atoms with Gasteiger partial charge in [0.25, 0.3) is 0 Å². The van der Waals surface area contributed by atoms with Crippen molar-refractivity contribution in [2.75, 3.05) is 14.2 Å². The Kier molecular flexibility index (Phi) is 8.56. The molecule has 0 radical (unpaired) electrons. The highest BCUT2D eigenvalue weighted by Crippen LogP contribution is 2.67. The Morgan fingerprint density at radius 2 is 1.21 bits per heavy atom.